The van der Waals surface area contributed by atoms with Crippen LogP contribution in [-0.2, 0) is 14.8 Å². The van der Waals surface area contributed by atoms with E-state index in [1.54, 1.807) is 6.92 Å². The van der Waals surface area contributed by atoms with Crippen molar-refractivity contribution in [2.75, 3.05) is 36.6 Å². The van der Waals surface area contributed by atoms with Crippen LogP contribution in [0.1, 0.15) is 74.2 Å². The Morgan fingerprint density at radius 3 is 2.53 bits per heavy atom. The van der Waals surface area contributed by atoms with Crippen LogP contribution in [0.25, 0.3) is 0 Å². The van der Waals surface area contributed by atoms with E-state index in [1.165, 1.54) is 0 Å². The summed E-state index contributed by atoms with van der Waals surface area (Å²) < 4.78 is 33.4. The van der Waals surface area contributed by atoms with Gasteiger partial charge in [0, 0.05) is 49.0 Å². The van der Waals surface area contributed by atoms with E-state index in [-0.39, 0.29) is 29.7 Å². The minimum atomic E-state index is -3.24. The third kappa shape index (κ3) is 4.40. The van der Waals surface area contributed by atoms with Gasteiger partial charge < -0.3 is 15.4 Å². The summed E-state index contributed by atoms with van der Waals surface area (Å²) in [6, 6.07) is 2.01. The van der Waals surface area contributed by atoms with Gasteiger partial charge in [0.2, 0.25) is 16.0 Å². The molecule has 5 heterocycles. The number of nitrogens with one attached hydrogen (secondary N) is 3. The van der Waals surface area contributed by atoms with E-state index in [4.69, 9.17) is 14.7 Å². The van der Waals surface area contributed by atoms with Gasteiger partial charge in [-0.25, -0.2) is 13.4 Å². The van der Waals surface area contributed by atoms with Crippen molar-refractivity contribution in [1.29, 1.82) is 0 Å². The average Bonchev–Trinajstić information content (AvgIpc) is 3.49. The smallest absolute Gasteiger partial charge is 0.224 e. The van der Waals surface area contributed by atoms with Gasteiger partial charge in [0.1, 0.15) is 5.82 Å². The number of rotatable bonds is 7. The molecule has 0 aliphatic carbocycles. The maximum Gasteiger partial charge on any atom is 0.224 e. The van der Waals surface area contributed by atoms with Gasteiger partial charge in [-0.15, -0.1) is 0 Å². The number of piperidine rings is 2. The molecule has 0 saturated carbocycles. The molecule has 3 aliphatic rings. The molecule has 0 radical (unpaired) electrons. The van der Waals surface area contributed by atoms with Crippen molar-refractivity contribution < 1.29 is 13.2 Å². The number of nitrogens with zero attached hydrogens (tertiary/aromatic N) is 4. The molecule has 186 valence electrons. The van der Waals surface area contributed by atoms with E-state index in [0.717, 1.165) is 67.9 Å². The predicted molar refractivity (Wildman–Crippen MR) is 131 cm³/mol. The van der Waals surface area contributed by atoms with Crippen molar-refractivity contribution in [3.05, 3.63) is 23.0 Å². The molecule has 10 nitrogen and oxygen atoms in total. The lowest BCUT2D eigenvalue weighted by Crippen LogP contribution is -2.54. The first-order valence-corrected chi connectivity index (χ1v) is 14.0. The van der Waals surface area contributed by atoms with Crippen molar-refractivity contribution in [3.8, 4) is 0 Å². The van der Waals surface area contributed by atoms with Crippen molar-refractivity contribution in [3.63, 3.8) is 0 Å². The van der Waals surface area contributed by atoms with Crippen LogP contribution in [0, 0.1) is 6.92 Å². The Balaban J connectivity index is 1.58. The number of hydrogen-bond donors (Lipinski definition) is 3. The molecule has 2 aromatic heterocycles. The Morgan fingerprint density at radius 2 is 1.94 bits per heavy atom. The fourth-order valence-corrected chi connectivity index (χ4v) is 7.53. The normalized spacial score (nSPS) is 27.6. The van der Waals surface area contributed by atoms with E-state index < -0.39 is 10.0 Å². The van der Waals surface area contributed by atoms with Crippen molar-refractivity contribution in [1.82, 2.24) is 24.5 Å². The summed E-state index contributed by atoms with van der Waals surface area (Å²) in [6.07, 6.45) is 5.38. The molecule has 0 amide bonds. The molecule has 5 rings (SSSR count). The van der Waals surface area contributed by atoms with Gasteiger partial charge in [0.05, 0.1) is 18.1 Å². The Bertz CT molecular complexity index is 1120. The van der Waals surface area contributed by atoms with Gasteiger partial charge in [0.25, 0.3) is 0 Å². The second-order valence-electron chi connectivity index (χ2n) is 9.70. The molecule has 2 bridgehead atoms. The maximum atomic E-state index is 12.9. The minimum Gasteiger partial charge on any atom is -0.381 e. The summed E-state index contributed by atoms with van der Waals surface area (Å²) in [5, 5.41) is 13.9. The Kier molecular flexibility index (Phi) is 6.51. The van der Waals surface area contributed by atoms with Crippen LogP contribution in [0.5, 0.6) is 0 Å². The molecule has 3 N–H and O–H groups in total. The Hall–Kier alpha value is -2.24. The van der Waals surface area contributed by atoms with E-state index in [1.807, 2.05) is 24.3 Å². The van der Waals surface area contributed by atoms with Gasteiger partial charge in [-0.1, -0.05) is 6.42 Å². The van der Waals surface area contributed by atoms with Gasteiger partial charge >= 0.3 is 0 Å². The second kappa shape index (κ2) is 9.43. The number of aromatic amines is 1. The summed E-state index contributed by atoms with van der Waals surface area (Å²) in [7, 11) is -1.41. The first-order chi connectivity index (χ1) is 16.4. The molecule has 4 atom stereocenters. The van der Waals surface area contributed by atoms with Crippen LogP contribution in [0.4, 0.5) is 17.6 Å². The Morgan fingerprint density at radius 1 is 1.18 bits per heavy atom. The summed E-state index contributed by atoms with van der Waals surface area (Å²) in [5.41, 5.74) is 3.08. The molecule has 3 saturated heterocycles. The number of aryl methyl sites for hydroxylation is 1. The number of H-pyrrole nitrogens is 1. The topological polar surface area (TPSA) is 125 Å². The van der Waals surface area contributed by atoms with Gasteiger partial charge in [-0.05, 0) is 51.9 Å². The summed E-state index contributed by atoms with van der Waals surface area (Å²) >= 11 is 0. The molecule has 0 aromatic carbocycles. The largest absolute Gasteiger partial charge is 0.381 e. The number of sulfonamides is 1. The quantitative estimate of drug-likeness (QED) is 0.541. The van der Waals surface area contributed by atoms with Crippen molar-refractivity contribution >= 4 is 27.6 Å². The third-order valence-corrected chi connectivity index (χ3v) is 9.44. The number of ether oxygens (including phenoxy) is 1. The highest BCUT2D eigenvalue weighted by atomic mass is 32.2. The predicted octanol–water partition coefficient (Wildman–Crippen LogP) is 3.25. The minimum absolute atomic E-state index is 0.0274. The van der Waals surface area contributed by atoms with Gasteiger partial charge in [0.15, 0.2) is 5.82 Å². The highest BCUT2D eigenvalue weighted by Crippen LogP contribution is 2.47. The zero-order valence-corrected chi connectivity index (χ0v) is 21.0. The number of hydrogen-bond acceptors (Lipinski definition) is 8. The van der Waals surface area contributed by atoms with Crippen LogP contribution in [0.2, 0.25) is 0 Å². The lowest BCUT2D eigenvalue weighted by molar-refractivity contribution is 0.109. The van der Waals surface area contributed by atoms with E-state index >= 15 is 0 Å². The molecule has 3 aliphatic heterocycles. The third-order valence-electron chi connectivity index (χ3n) is 7.47. The van der Waals surface area contributed by atoms with Gasteiger partial charge in [-0.3, -0.25) is 5.10 Å². The molecule has 3 fully saturated rings. The van der Waals surface area contributed by atoms with E-state index in [0.29, 0.717) is 18.4 Å². The zero-order chi connectivity index (χ0) is 23.9. The van der Waals surface area contributed by atoms with E-state index in [2.05, 4.69) is 20.8 Å². The number of anilines is 3. The fraction of sp³-hybridized carbons (Fsp3) is 0.696. The maximum absolute atomic E-state index is 12.9. The van der Waals surface area contributed by atoms with Crippen LogP contribution in [0.3, 0.4) is 0 Å². The first-order valence-electron chi connectivity index (χ1n) is 12.4. The van der Waals surface area contributed by atoms with Crippen molar-refractivity contribution in [2.45, 2.75) is 76.3 Å². The Labute approximate surface area is 201 Å². The highest BCUT2D eigenvalue weighted by Gasteiger charge is 2.45. The summed E-state index contributed by atoms with van der Waals surface area (Å²) in [6.45, 7) is 5.07. The first kappa shape index (κ1) is 23.5. The summed E-state index contributed by atoms with van der Waals surface area (Å²) in [4.78, 5) is 9.75. The monoisotopic (exact) mass is 489 g/mol. The van der Waals surface area contributed by atoms with Crippen molar-refractivity contribution in [2.24, 2.45) is 0 Å². The van der Waals surface area contributed by atoms with Crippen LogP contribution in [-0.4, -0.2) is 71.0 Å². The van der Waals surface area contributed by atoms with Crippen LogP contribution >= 0.6 is 0 Å². The molecule has 2 unspecified atom stereocenters. The zero-order valence-electron chi connectivity index (χ0n) is 20.2. The second-order valence-corrected chi connectivity index (χ2v) is 11.9. The lowest BCUT2D eigenvalue weighted by atomic mass is 9.75. The molecule has 0 spiro atoms. The SMILES string of the molecule is CCS(=O)(=O)N1[C@@H]2CCC[C@H]1CC(c1c(Nc3cc(C)[nH]n3)nc(NC)nc1C1CCOC1)C2. The van der Waals surface area contributed by atoms with Gasteiger partial charge in [-0.2, -0.15) is 14.4 Å². The molecule has 11 heteroatoms. The van der Waals surface area contributed by atoms with Crippen LogP contribution in [0.15, 0.2) is 6.07 Å². The molecular weight excluding hydrogens is 454 g/mol. The molecular formula is C23H35N7O3S. The van der Waals surface area contributed by atoms with Crippen LogP contribution < -0.4 is 10.6 Å². The molecule has 2 aromatic rings. The summed E-state index contributed by atoms with van der Waals surface area (Å²) in [5.74, 6) is 2.54. The highest BCUT2D eigenvalue weighted by molar-refractivity contribution is 7.89. The standard InChI is InChI=1S/C23H35N7O3S/c1-4-34(31,32)30-17-6-5-7-18(30)12-16(11-17)20-21(15-8-9-33-13-15)26-23(24-3)27-22(20)25-19-10-14(2)28-29-19/h10,15-18H,4-9,11-13H2,1-3H3,(H3,24,25,26,27,28,29)/t15?,16?,17-,18+. The fourth-order valence-electron chi connectivity index (χ4n) is 5.94. The number of aromatic nitrogens is 4. The van der Waals surface area contributed by atoms with E-state index in [9.17, 15) is 8.42 Å². The number of fused-ring (bicyclic) bond motifs is 2. The average molecular weight is 490 g/mol. The molecule has 34 heavy (non-hydrogen) atoms. The lowest BCUT2D eigenvalue weighted by Gasteiger charge is -2.48.